The van der Waals surface area contributed by atoms with Crippen molar-refractivity contribution in [2.24, 2.45) is 5.41 Å². The molecule has 2 aliphatic rings. The van der Waals surface area contributed by atoms with Crippen molar-refractivity contribution in [1.29, 1.82) is 0 Å². The molecule has 0 atom stereocenters. The molecule has 1 aromatic rings. The van der Waals surface area contributed by atoms with Gasteiger partial charge in [-0.25, -0.2) is 0 Å². The maximum atomic E-state index is 12.4. The van der Waals surface area contributed by atoms with Gasteiger partial charge in [-0.05, 0) is 50.3 Å². The first-order chi connectivity index (χ1) is 11.9. The van der Waals surface area contributed by atoms with Crippen LogP contribution in [0.5, 0.6) is 0 Å². The first kappa shape index (κ1) is 17.5. The van der Waals surface area contributed by atoms with Crippen LogP contribution < -0.4 is 10.6 Å². The number of carboxylic acid groups (broad SMARTS) is 1. The van der Waals surface area contributed by atoms with Gasteiger partial charge in [-0.15, -0.1) is 0 Å². The maximum absolute atomic E-state index is 12.4. The number of rotatable bonds is 6. The van der Waals surface area contributed by atoms with E-state index in [1.165, 1.54) is 0 Å². The topological polar surface area (TPSA) is 95.5 Å². The standard InChI is InChI=1S/C19H24N2O4/c1-12-4-5-13(17(23)20-14-6-7-14)10-15(12)21-16(22)11-19(18(24)25)8-2-3-9-19/h4-5,10,14H,2-3,6-9,11H2,1H3,(H,20,23)(H,21,22)(H,24,25). The molecule has 2 aliphatic carbocycles. The van der Waals surface area contributed by atoms with Gasteiger partial charge in [0.2, 0.25) is 5.91 Å². The lowest BCUT2D eigenvalue weighted by atomic mass is 9.82. The van der Waals surface area contributed by atoms with Crippen LogP contribution in [0.1, 0.15) is 60.9 Å². The number of amides is 2. The molecule has 0 aliphatic heterocycles. The third kappa shape index (κ3) is 4.00. The van der Waals surface area contributed by atoms with E-state index in [9.17, 15) is 19.5 Å². The van der Waals surface area contributed by atoms with Gasteiger partial charge in [-0.2, -0.15) is 0 Å². The summed E-state index contributed by atoms with van der Waals surface area (Å²) in [6.07, 6.45) is 4.76. The fourth-order valence-corrected chi connectivity index (χ4v) is 3.41. The normalized spacial score (nSPS) is 18.6. The lowest BCUT2D eigenvalue weighted by Crippen LogP contribution is -2.33. The number of hydrogen-bond acceptors (Lipinski definition) is 3. The van der Waals surface area contributed by atoms with Crippen LogP contribution in [0.2, 0.25) is 0 Å². The molecule has 0 spiro atoms. The minimum absolute atomic E-state index is 0.0275. The van der Waals surface area contributed by atoms with Crippen molar-refractivity contribution in [2.45, 2.75) is 57.9 Å². The zero-order valence-corrected chi connectivity index (χ0v) is 14.4. The second kappa shape index (κ2) is 6.86. The Balaban J connectivity index is 1.69. The van der Waals surface area contributed by atoms with Crippen molar-refractivity contribution >= 4 is 23.5 Å². The van der Waals surface area contributed by atoms with Gasteiger partial charge in [-0.3, -0.25) is 14.4 Å². The molecule has 6 nitrogen and oxygen atoms in total. The molecule has 0 aromatic heterocycles. The summed E-state index contributed by atoms with van der Waals surface area (Å²) in [5.41, 5.74) is 0.958. The van der Waals surface area contributed by atoms with Gasteiger partial charge < -0.3 is 15.7 Å². The second-order valence-electron chi connectivity index (χ2n) is 7.29. The Bertz CT molecular complexity index is 703. The molecule has 0 heterocycles. The van der Waals surface area contributed by atoms with Crippen LogP contribution in [0.3, 0.4) is 0 Å². The van der Waals surface area contributed by atoms with Crippen molar-refractivity contribution in [2.75, 3.05) is 5.32 Å². The average molecular weight is 344 g/mol. The number of aliphatic carboxylic acids is 1. The number of hydrogen-bond donors (Lipinski definition) is 3. The highest BCUT2D eigenvalue weighted by Crippen LogP contribution is 2.41. The van der Waals surface area contributed by atoms with Gasteiger partial charge in [0.1, 0.15) is 0 Å². The molecular formula is C19H24N2O4. The summed E-state index contributed by atoms with van der Waals surface area (Å²) < 4.78 is 0. The molecule has 2 fully saturated rings. The number of carbonyl (C=O) groups excluding carboxylic acids is 2. The van der Waals surface area contributed by atoms with Gasteiger partial charge in [0, 0.05) is 23.7 Å². The second-order valence-corrected chi connectivity index (χ2v) is 7.29. The van der Waals surface area contributed by atoms with E-state index in [-0.39, 0.29) is 24.3 Å². The molecule has 0 unspecified atom stereocenters. The van der Waals surface area contributed by atoms with Gasteiger partial charge in [-0.1, -0.05) is 18.9 Å². The minimum atomic E-state index is -0.945. The van der Waals surface area contributed by atoms with E-state index in [0.717, 1.165) is 31.2 Å². The van der Waals surface area contributed by atoms with Crippen molar-refractivity contribution in [3.63, 3.8) is 0 Å². The van der Waals surface area contributed by atoms with Crippen molar-refractivity contribution < 1.29 is 19.5 Å². The van der Waals surface area contributed by atoms with E-state index in [0.29, 0.717) is 24.1 Å². The largest absolute Gasteiger partial charge is 0.481 e. The molecular weight excluding hydrogens is 320 g/mol. The summed E-state index contributed by atoms with van der Waals surface area (Å²) in [6.45, 7) is 1.85. The molecule has 2 amide bonds. The molecule has 25 heavy (non-hydrogen) atoms. The quantitative estimate of drug-likeness (QED) is 0.739. The Morgan fingerprint density at radius 2 is 1.88 bits per heavy atom. The highest BCUT2D eigenvalue weighted by Gasteiger charge is 2.43. The molecule has 2 saturated carbocycles. The highest BCUT2D eigenvalue weighted by molar-refractivity contribution is 5.99. The van der Waals surface area contributed by atoms with E-state index in [4.69, 9.17) is 0 Å². The van der Waals surface area contributed by atoms with Crippen LogP contribution in [0, 0.1) is 12.3 Å². The molecule has 1 aromatic carbocycles. The van der Waals surface area contributed by atoms with E-state index in [2.05, 4.69) is 10.6 Å². The van der Waals surface area contributed by atoms with Crippen LogP contribution in [0.25, 0.3) is 0 Å². The van der Waals surface area contributed by atoms with Crippen LogP contribution in [-0.4, -0.2) is 28.9 Å². The Hall–Kier alpha value is -2.37. The first-order valence-corrected chi connectivity index (χ1v) is 8.84. The minimum Gasteiger partial charge on any atom is -0.481 e. The fourth-order valence-electron chi connectivity index (χ4n) is 3.41. The highest BCUT2D eigenvalue weighted by atomic mass is 16.4. The van der Waals surface area contributed by atoms with E-state index < -0.39 is 11.4 Å². The van der Waals surface area contributed by atoms with Crippen molar-refractivity contribution in [3.8, 4) is 0 Å². The van der Waals surface area contributed by atoms with Crippen LogP contribution >= 0.6 is 0 Å². The van der Waals surface area contributed by atoms with Gasteiger partial charge >= 0.3 is 5.97 Å². The summed E-state index contributed by atoms with van der Waals surface area (Å²) in [4.78, 5) is 36.2. The molecule has 0 bridgehead atoms. The SMILES string of the molecule is Cc1ccc(C(=O)NC2CC2)cc1NC(=O)CC1(C(=O)O)CCCC1. The number of carbonyl (C=O) groups is 3. The van der Waals surface area contributed by atoms with Crippen LogP contribution in [0.4, 0.5) is 5.69 Å². The van der Waals surface area contributed by atoms with E-state index in [1.807, 2.05) is 6.92 Å². The Kier molecular flexibility index (Phi) is 4.79. The third-order valence-electron chi connectivity index (χ3n) is 5.20. The fraction of sp³-hybridized carbons (Fsp3) is 0.526. The number of nitrogens with one attached hydrogen (secondary N) is 2. The Labute approximate surface area is 147 Å². The lowest BCUT2D eigenvalue weighted by Gasteiger charge is -2.23. The molecule has 6 heteroatoms. The zero-order chi connectivity index (χ0) is 18.0. The summed E-state index contributed by atoms with van der Waals surface area (Å²) in [5.74, 6) is -1.35. The predicted octanol–water partition coefficient (Wildman–Crippen LogP) is 2.86. The van der Waals surface area contributed by atoms with Gasteiger partial charge in [0.15, 0.2) is 0 Å². The molecule has 134 valence electrons. The molecule has 3 rings (SSSR count). The summed E-state index contributed by atoms with van der Waals surface area (Å²) in [7, 11) is 0. The average Bonchev–Trinajstić information content (AvgIpc) is 3.24. The van der Waals surface area contributed by atoms with Gasteiger partial charge in [0.05, 0.1) is 5.41 Å². The number of carboxylic acids is 1. The molecule has 0 saturated heterocycles. The molecule has 0 radical (unpaired) electrons. The van der Waals surface area contributed by atoms with Crippen molar-refractivity contribution in [3.05, 3.63) is 29.3 Å². The summed E-state index contributed by atoms with van der Waals surface area (Å²) in [5, 5.41) is 15.2. The smallest absolute Gasteiger partial charge is 0.310 e. The third-order valence-corrected chi connectivity index (χ3v) is 5.20. The van der Waals surface area contributed by atoms with Crippen LogP contribution in [0.15, 0.2) is 18.2 Å². The number of aryl methyl sites for hydroxylation is 1. The lowest BCUT2D eigenvalue weighted by molar-refractivity contribution is -0.150. The monoisotopic (exact) mass is 344 g/mol. The van der Waals surface area contributed by atoms with E-state index in [1.54, 1.807) is 18.2 Å². The first-order valence-electron chi connectivity index (χ1n) is 8.84. The number of anilines is 1. The van der Waals surface area contributed by atoms with Gasteiger partial charge in [0.25, 0.3) is 5.91 Å². The summed E-state index contributed by atoms with van der Waals surface area (Å²) in [6, 6.07) is 5.45. The predicted molar refractivity (Wildman–Crippen MR) is 93.5 cm³/mol. The number of benzene rings is 1. The maximum Gasteiger partial charge on any atom is 0.310 e. The Morgan fingerprint density at radius 1 is 1.20 bits per heavy atom. The van der Waals surface area contributed by atoms with Crippen LogP contribution in [-0.2, 0) is 9.59 Å². The van der Waals surface area contributed by atoms with E-state index >= 15 is 0 Å². The Morgan fingerprint density at radius 3 is 2.48 bits per heavy atom. The summed E-state index contributed by atoms with van der Waals surface area (Å²) >= 11 is 0. The molecule has 3 N–H and O–H groups in total. The van der Waals surface area contributed by atoms with Crippen molar-refractivity contribution in [1.82, 2.24) is 5.32 Å². The zero-order valence-electron chi connectivity index (χ0n) is 14.4.